The molecule has 0 N–H and O–H groups in total. The number of sulfonamides is 1. The van der Waals surface area contributed by atoms with Crippen molar-refractivity contribution in [2.75, 3.05) is 26.2 Å². The Labute approximate surface area is 186 Å². The summed E-state index contributed by atoms with van der Waals surface area (Å²) in [5, 5.41) is 1.93. The number of ether oxygens (including phenoxy) is 1. The highest BCUT2D eigenvalue weighted by Crippen LogP contribution is 2.23. The van der Waals surface area contributed by atoms with Gasteiger partial charge in [0, 0.05) is 31.7 Å². The largest absolute Gasteiger partial charge is 0.489 e. The number of amides is 1. The molecule has 0 atom stereocenters. The number of hydrogen-bond acceptors (Lipinski definition) is 5. The van der Waals surface area contributed by atoms with Gasteiger partial charge in [-0.15, -0.1) is 11.3 Å². The molecule has 8 heteroatoms. The molecule has 6 nitrogen and oxygen atoms in total. The van der Waals surface area contributed by atoms with Crippen molar-refractivity contribution in [3.8, 4) is 5.75 Å². The number of aryl methyl sites for hydroxylation is 1. The van der Waals surface area contributed by atoms with Crippen molar-refractivity contribution in [3.05, 3.63) is 82.0 Å². The van der Waals surface area contributed by atoms with Crippen LogP contribution in [0.25, 0.3) is 0 Å². The van der Waals surface area contributed by atoms with E-state index in [9.17, 15) is 13.2 Å². The predicted molar refractivity (Wildman–Crippen MR) is 121 cm³/mol. The van der Waals surface area contributed by atoms with Crippen LogP contribution in [0, 0.1) is 6.92 Å². The van der Waals surface area contributed by atoms with E-state index in [0.29, 0.717) is 24.6 Å². The van der Waals surface area contributed by atoms with E-state index in [1.165, 1.54) is 15.6 Å². The van der Waals surface area contributed by atoms with Gasteiger partial charge in [0.1, 0.15) is 12.4 Å². The predicted octanol–water partition coefficient (Wildman–Crippen LogP) is 3.78. The molecule has 0 saturated carbocycles. The van der Waals surface area contributed by atoms with Crippen LogP contribution in [-0.4, -0.2) is 49.7 Å². The average Bonchev–Trinajstić information content (AvgIpc) is 3.28. The summed E-state index contributed by atoms with van der Waals surface area (Å²) in [5.41, 5.74) is 2.01. The van der Waals surface area contributed by atoms with E-state index in [2.05, 4.69) is 0 Å². The highest BCUT2D eigenvalue weighted by molar-refractivity contribution is 7.89. The molecule has 4 rings (SSSR count). The highest BCUT2D eigenvalue weighted by atomic mass is 32.2. The van der Waals surface area contributed by atoms with Gasteiger partial charge in [-0.3, -0.25) is 4.79 Å². The first kappa shape index (κ1) is 21.5. The van der Waals surface area contributed by atoms with E-state index in [-0.39, 0.29) is 23.9 Å². The summed E-state index contributed by atoms with van der Waals surface area (Å²) in [6.45, 7) is 3.72. The lowest BCUT2D eigenvalue weighted by atomic mass is 10.2. The van der Waals surface area contributed by atoms with Crippen molar-refractivity contribution < 1.29 is 17.9 Å². The van der Waals surface area contributed by atoms with Gasteiger partial charge in [-0.05, 0) is 42.1 Å². The second-order valence-electron chi connectivity index (χ2n) is 7.38. The Morgan fingerprint density at radius 2 is 1.68 bits per heavy atom. The molecule has 0 radical (unpaired) electrons. The molecule has 0 bridgehead atoms. The Kier molecular flexibility index (Phi) is 6.41. The zero-order chi connectivity index (χ0) is 21.8. The molecule has 162 valence electrons. The minimum absolute atomic E-state index is 0.0658. The highest BCUT2D eigenvalue weighted by Gasteiger charge is 2.30. The molecule has 1 aliphatic heterocycles. The molecule has 1 fully saturated rings. The number of para-hydroxylation sites is 1. The third-order valence-corrected chi connectivity index (χ3v) is 8.14. The summed E-state index contributed by atoms with van der Waals surface area (Å²) < 4.78 is 32.8. The van der Waals surface area contributed by atoms with Crippen molar-refractivity contribution in [2.24, 2.45) is 0 Å². The maximum atomic E-state index is 12.9. The Balaban J connectivity index is 1.34. The van der Waals surface area contributed by atoms with Crippen LogP contribution in [0.3, 0.4) is 0 Å². The summed E-state index contributed by atoms with van der Waals surface area (Å²) in [6, 6.07) is 18.1. The first-order valence-corrected chi connectivity index (χ1v) is 12.4. The second kappa shape index (κ2) is 9.21. The SMILES string of the molecule is Cc1ccccc1OCc1csc(C(=O)N2CCN(S(=O)(=O)c3ccccc3)CC2)c1. The van der Waals surface area contributed by atoms with E-state index >= 15 is 0 Å². The first-order valence-electron chi connectivity index (χ1n) is 10.1. The topological polar surface area (TPSA) is 66.9 Å². The van der Waals surface area contributed by atoms with Gasteiger partial charge in [0.25, 0.3) is 5.91 Å². The lowest BCUT2D eigenvalue weighted by Crippen LogP contribution is -2.50. The average molecular weight is 457 g/mol. The van der Waals surface area contributed by atoms with Gasteiger partial charge in [-0.1, -0.05) is 36.4 Å². The summed E-state index contributed by atoms with van der Waals surface area (Å²) >= 11 is 1.39. The Bertz CT molecular complexity index is 1150. The van der Waals surface area contributed by atoms with E-state index in [0.717, 1.165) is 16.9 Å². The van der Waals surface area contributed by atoms with Gasteiger partial charge in [-0.25, -0.2) is 8.42 Å². The molecule has 31 heavy (non-hydrogen) atoms. The van der Waals surface area contributed by atoms with Crippen LogP contribution >= 0.6 is 11.3 Å². The lowest BCUT2D eigenvalue weighted by Gasteiger charge is -2.33. The normalized spacial score (nSPS) is 15.1. The zero-order valence-corrected chi connectivity index (χ0v) is 18.9. The number of carbonyl (C=O) groups excluding carboxylic acids is 1. The van der Waals surface area contributed by atoms with Crippen molar-refractivity contribution in [3.63, 3.8) is 0 Å². The number of nitrogens with zero attached hydrogens (tertiary/aromatic N) is 2. The van der Waals surface area contributed by atoms with Crippen LogP contribution in [0.1, 0.15) is 20.8 Å². The molecule has 0 spiro atoms. The fourth-order valence-electron chi connectivity index (χ4n) is 3.47. The fraction of sp³-hybridized carbons (Fsp3) is 0.261. The monoisotopic (exact) mass is 456 g/mol. The summed E-state index contributed by atoms with van der Waals surface area (Å²) in [6.07, 6.45) is 0. The van der Waals surface area contributed by atoms with Crippen molar-refractivity contribution in [2.45, 2.75) is 18.4 Å². The number of rotatable bonds is 6. The molecule has 1 aliphatic rings. The first-order chi connectivity index (χ1) is 14.9. The zero-order valence-electron chi connectivity index (χ0n) is 17.2. The van der Waals surface area contributed by atoms with Crippen molar-refractivity contribution in [1.29, 1.82) is 0 Å². The van der Waals surface area contributed by atoms with E-state index in [1.54, 1.807) is 35.2 Å². The van der Waals surface area contributed by atoms with E-state index in [4.69, 9.17) is 4.74 Å². The van der Waals surface area contributed by atoms with Gasteiger partial charge in [0.15, 0.2) is 0 Å². The molecule has 1 amide bonds. The third-order valence-electron chi connectivity index (χ3n) is 5.26. The smallest absolute Gasteiger partial charge is 0.264 e. The van der Waals surface area contributed by atoms with Crippen LogP contribution < -0.4 is 4.74 Å². The van der Waals surface area contributed by atoms with E-state index < -0.39 is 10.0 Å². The lowest BCUT2D eigenvalue weighted by molar-refractivity contribution is 0.0702. The van der Waals surface area contributed by atoms with Gasteiger partial charge in [-0.2, -0.15) is 4.31 Å². The van der Waals surface area contributed by atoms with Crippen LogP contribution in [-0.2, 0) is 16.6 Å². The Morgan fingerprint density at radius 1 is 1.00 bits per heavy atom. The Hall–Kier alpha value is -2.68. The molecule has 2 heterocycles. The van der Waals surface area contributed by atoms with E-state index in [1.807, 2.05) is 42.6 Å². The number of benzene rings is 2. The van der Waals surface area contributed by atoms with Crippen LogP contribution in [0.4, 0.5) is 0 Å². The van der Waals surface area contributed by atoms with Crippen LogP contribution in [0.15, 0.2) is 70.9 Å². The third kappa shape index (κ3) is 4.81. The van der Waals surface area contributed by atoms with Gasteiger partial charge in [0.2, 0.25) is 10.0 Å². The maximum absolute atomic E-state index is 12.9. The molecule has 3 aromatic rings. The second-order valence-corrected chi connectivity index (χ2v) is 10.2. The quantitative estimate of drug-likeness (QED) is 0.566. The molecule has 2 aromatic carbocycles. The minimum atomic E-state index is -3.53. The number of piperazine rings is 1. The standard InChI is InChI=1S/C23H24N2O4S2/c1-18-7-5-6-10-21(18)29-16-19-15-22(30-17-19)23(26)24-11-13-25(14-12-24)31(27,28)20-8-3-2-4-9-20/h2-10,15,17H,11-14,16H2,1H3. The van der Waals surface area contributed by atoms with Crippen molar-refractivity contribution in [1.82, 2.24) is 9.21 Å². The molecule has 0 unspecified atom stereocenters. The number of carbonyl (C=O) groups is 1. The summed E-state index contributed by atoms with van der Waals surface area (Å²) in [5.74, 6) is 0.765. The molecule has 0 aliphatic carbocycles. The fourth-order valence-corrected chi connectivity index (χ4v) is 5.78. The van der Waals surface area contributed by atoms with Crippen LogP contribution in [0.2, 0.25) is 0 Å². The van der Waals surface area contributed by atoms with Gasteiger partial charge in [0.05, 0.1) is 9.77 Å². The molecule has 1 aromatic heterocycles. The number of thiophene rings is 1. The molecular weight excluding hydrogens is 432 g/mol. The molecular formula is C23H24N2O4S2. The van der Waals surface area contributed by atoms with Gasteiger partial charge < -0.3 is 9.64 Å². The summed E-state index contributed by atoms with van der Waals surface area (Å²) in [7, 11) is -3.53. The van der Waals surface area contributed by atoms with Gasteiger partial charge >= 0.3 is 0 Å². The minimum Gasteiger partial charge on any atom is -0.489 e. The van der Waals surface area contributed by atoms with Crippen molar-refractivity contribution >= 4 is 27.3 Å². The maximum Gasteiger partial charge on any atom is 0.264 e. The summed E-state index contributed by atoms with van der Waals surface area (Å²) in [4.78, 5) is 15.5. The molecule has 1 saturated heterocycles. The van der Waals surface area contributed by atoms with Crippen LogP contribution in [0.5, 0.6) is 5.75 Å². The Morgan fingerprint density at radius 3 is 2.39 bits per heavy atom. The number of hydrogen-bond donors (Lipinski definition) is 0.